The maximum Gasteiger partial charge on any atom is 0.417 e. The van der Waals surface area contributed by atoms with E-state index in [1.165, 1.54) is 12.1 Å². The van der Waals surface area contributed by atoms with Gasteiger partial charge in [0.15, 0.2) is 8.32 Å². The van der Waals surface area contributed by atoms with Gasteiger partial charge in [-0.2, -0.15) is 13.2 Å². The Balaban J connectivity index is 2.07. The average molecular weight is 566 g/mol. The predicted octanol–water partition coefficient (Wildman–Crippen LogP) is 9.93. The predicted molar refractivity (Wildman–Crippen MR) is 149 cm³/mol. The van der Waals surface area contributed by atoms with E-state index in [0.717, 1.165) is 55.0 Å². The fourth-order valence-electron chi connectivity index (χ4n) is 5.88. The highest BCUT2D eigenvalue weighted by atomic mass is 35.5. The van der Waals surface area contributed by atoms with Gasteiger partial charge in [0.1, 0.15) is 11.4 Å². The highest BCUT2D eigenvalue weighted by molar-refractivity contribution is 6.74. The largest absolute Gasteiger partial charge is 0.417 e. The first-order chi connectivity index (χ1) is 17.4. The van der Waals surface area contributed by atoms with Gasteiger partial charge in [-0.1, -0.05) is 65.1 Å². The Morgan fingerprint density at radius 3 is 2.29 bits per heavy atom. The molecule has 0 aliphatic heterocycles. The number of carbonyl (C=O) groups excluding carboxylic acids is 1. The van der Waals surface area contributed by atoms with Crippen LogP contribution in [0.3, 0.4) is 0 Å². The minimum absolute atomic E-state index is 0.0350. The Morgan fingerprint density at radius 1 is 1.11 bits per heavy atom. The van der Waals surface area contributed by atoms with Gasteiger partial charge in [-0.25, -0.2) is 4.98 Å². The third-order valence-corrected chi connectivity index (χ3v) is 13.5. The number of hydrogen-bond donors (Lipinski definition) is 0. The second-order valence-corrected chi connectivity index (χ2v) is 18.5. The maximum atomic E-state index is 14.3. The van der Waals surface area contributed by atoms with Crippen molar-refractivity contribution in [2.24, 2.45) is 5.41 Å². The van der Waals surface area contributed by atoms with Crippen LogP contribution in [0.4, 0.5) is 13.2 Å². The zero-order chi connectivity index (χ0) is 28.3. The highest BCUT2D eigenvalue weighted by Gasteiger charge is 2.46. The second-order valence-electron chi connectivity index (χ2n) is 13.4. The van der Waals surface area contributed by atoms with Crippen LogP contribution >= 0.6 is 11.6 Å². The molecule has 2 aliphatic rings. The van der Waals surface area contributed by atoms with Crippen LogP contribution in [0.5, 0.6) is 0 Å². The normalized spacial score (nSPS) is 20.4. The van der Waals surface area contributed by atoms with Gasteiger partial charge in [0, 0.05) is 22.4 Å². The number of alkyl halides is 3. The van der Waals surface area contributed by atoms with E-state index in [4.69, 9.17) is 21.0 Å². The first-order valence-electron chi connectivity index (χ1n) is 13.5. The van der Waals surface area contributed by atoms with Gasteiger partial charge in [-0.05, 0) is 78.4 Å². The number of nitrogens with zero attached hydrogens (tertiary/aromatic N) is 1. The number of fused-ring (bicyclic) bond motifs is 1. The lowest BCUT2D eigenvalue weighted by atomic mass is 9.71. The molecule has 2 aliphatic carbocycles. The minimum Gasteiger partial charge on any atom is -0.410 e. The molecule has 1 fully saturated rings. The van der Waals surface area contributed by atoms with E-state index in [-0.39, 0.29) is 38.8 Å². The molecular weight excluding hydrogens is 527 g/mol. The van der Waals surface area contributed by atoms with Crippen LogP contribution in [-0.4, -0.2) is 19.6 Å². The number of aromatic nitrogens is 1. The molecule has 0 spiro atoms. The Hall–Kier alpha value is -1.70. The van der Waals surface area contributed by atoms with Crippen molar-refractivity contribution in [2.75, 3.05) is 0 Å². The average Bonchev–Trinajstić information content (AvgIpc) is 3.30. The van der Waals surface area contributed by atoms with Crippen LogP contribution in [0.2, 0.25) is 23.3 Å². The summed E-state index contributed by atoms with van der Waals surface area (Å²) in [6.07, 6.45) is 0.909. The molecular formula is C30H39ClF3NO2Si. The lowest BCUT2D eigenvalue weighted by molar-refractivity contribution is -0.137. The van der Waals surface area contributed by atoms with Gasteiger partial charge >= 0.3 is 6.18 Å². The third-order valence-electron chi connectivity index (χ3n) is 8.78. The molecule has 38 heavy (non-hydrogen) atoms. The van der Waals surface area contributed by atoms with Gasteiger partial charge in [-0.3, -0.25) is 4.79 Å². The van der Waals surface area contributed by atoms with Gasteiger partial charge in [0.05, 0.1) is 11.7 Å². The van der Waals surface area contributed by atoms with Crippen molar-refractivity contribution in [1.82, 2.24) is 4.98 Å². The first kappa shape index (κ1) is 29.3. The number of halogens is 4. The molecule has 1 atom stereocenters. The third kappa shape index (κ3) is 5.61. The Bertz CT molecular complexity index is 1230. The van der Waals surface area contributed by atoms with Crippen molar-refractivity contribution in [1.29, 1.82) is 0 Å². The lowest BCUT2D eigenvalue weighted by Gasteiger charge is -2.45. The molecule has 1 aromatic carbocycles. The number of hydrogen-bond acceptors (Lipinski definition) is 3. The Morgan fingerprint density at radius 2 is 1.74 bits per heavy atom. The number of carbonyl (C=O) groups is 1. The molecule has 0 N–H and O–H groups in total. The van der Waals surface area contributed by atoms with Gasteiger partial charge in [0.2, 0.25) is 0 Å². The molecule has 1 saturated carbocycles. The molecule has 2 aromatic rings. The van der Waals surface area contributed by atoms with Gasteiger partial charge in [-0.15, -0.1) is 0 Å². The SMILES string of the molecule is CC1(C)Cc2nc(Cl)c(-c3cc(C=O)ccc3C(F)(F)F)c(C3CCCC3)c2[C@@H](O[Si](C)(C)C(C)(C)C)C1. The van der Waals surface area contributed by atoms with E-state index < -0.39 is 20.1 Å². The van der Waals surface area contributed by atoms with Crippen LogP contribution in [0.25, 0.3) is 11.1 Å². The van der Waals surface area contributed by atoms with Crippen LogP contribution in [0, 0.1) is 5.41 Å². The highest BCUT2D eigenvalue weighted by Crippen LogP contribution is 2.54. The van der Waals surface area contributed by atoms with E-state index in [0.29, 0.717) is 18.3 Å². The zero-order valence-electron chi connectivity index (χ0n) is 23.5. The van der Waals surface area contributed by atoms with Crippen LogP contribution in [0.1, 0.15) is 111 Å². The number of pyridine rings is 1. The zero-order valence-corrected chi connectivity index (χ0v) is 25.2. The first-order valence-corrected chi connectivity index (χ1v) is 16.8. The summed E-state index contributed by atoms with van der Waals surface area (Å²) in [6.45, 7) is 15.4. The second kappa shape index (κ2) is 10.0. The molecule has 0 bridgehead atoms. The Labute approximate surface area is 230 Å². The monoisotopic (exact) mass is 565 g/mol. The smallest absolute Gasteiger partial charge is 0.410 e. The van der Waals surface area contributed by atoms with Crippen LogP contribution in [0.15, 0.2) is 18.2 Å². The number of aldehydes is 1. The lowest BCUT2D eigenvalue weighted by Crippen LogP contribution is -2.44. The molecule has 3 nitrogen and oxygen atoms in total. The molecule has 1 aromatic heterocycles. The fourth-order valence-corrected chi connectivity index (χ4v) is 7.45. The van der Waals surface area contributed by atoms with Gasteiger partial charge in [0.25, 0.3) is 0 Å². The molecule has 8 heteroatoms. The standard InChI is InChI=1S/C30H39ClF3NO2Si/c1-28(2,3)38(6,7)37-23-16-29(4,5)15-22-26(23)24(19-10-8-9-11-19)25(27(31)35-22)20-14-18(17-36)12-13-21(20)30(32,33)34/h12-14,17,19,23H,8-11,15-16H2,1-7H3/t23-/m0/s1. The minimum atomic E-state index is -4.61. The summed E-state index contributed by atoms with van der Waals surface area (Å²) in [4.78, 5) is 16.4. The van der Waals surface area contributed by atoms with Crippen molar-refractivity contribution in [2.45, 2.75) is 109 Å². The summed E-state index contributed by atoms with van der Waals surface area (Å²) in [6, 6.07) is 3.51. The molecule has 208 valence electrons. The summed E-state index contributed by atoms with van der Waals surface area (Å²) in [5.74, 6) is 0.0620. The number of benzene rings is 1. The molecule has 0 radical (unpaired) electrons. The van der Waals surface area contributed by atoms with E-state index in [1.807, 2.05) is 0 Å². The van der Waals surface area contributed by atoms with E-state index in [9.17, 15) is 18.0 Å². The molecule has 0 unspecified atom stereocenters. The fraction of sp³-hybridized carbons (Fsp3) is 0.600. The summed E-state index contributed by atoms with van der Waals surface area (Å²) in [7, 11) is -2.24. The van der Waals surface area contributed by atoms with Crippen molar-refractivity contribution in [3.63, 3.8) is 0 Å². The van der Waals surface area contributed by atoms with Crippen molar-refractivity contribution < 1.29 is 22.4 Å². The summed E-state index contributed by atoms with van der Waals surface area (Å²) >= 11 is 6.84. The van der Waals surface area contributed by atoms with E-state index in [1.54, 1.807) is 0 Å². The summed E-state index contributed by atoms with van der Waals surface area (Å²) < 4.78 is 50.0. The topological polar surface area (TPSA) is 39.2 Å². The summed E-state index contributed by atoms with van der Waals surface area (Å²) in [5, 5.41) is 0.0372. The van der Waals surface area contributed by atoms with Crippen LogP contribution in [-0.2, 0) is 17.0 Å². The van der Waals surface area contributed by atoms with Gasteiger partial charge < -0.3 is 4.43 Å². The maximum absolute atomic E-state index is 14.3. The molecule has 0 amide bonds. The molecule has 1 heterocycles. The van der Waals surface area contributed by atoms with Crippen LogP contribution < -0.4 is 0 Å². The van der Waals surface area contributed by atoms with Crippen molar-refractivity contribution >= 4 is 26.2 Å². The summed E-state index contributed by atoms with van der Waals surface area (Å²) in [5.41, 5.74) is 2.14. The van der Waals surface area contributed by atoms with E-state index in [2.05, 4.69) is 47.7 Å². The molecule has 0 saturated heterocycles. The molecule has 4 rings (SSSR count). The quantitative estimate of drug-likeness (QED) is 0.206. The van der Waals surface area contributed by atoms with Crippen molar-refractivity contribution in [3.8, 4) is 11.1 Å². The van der Waals surface area contributed by atoms with E-state index >= 15 is 0 Å². The Kier molecular flexibility index (Phi) is 7.74. The van der Waals surface area contributed by atoms with Crippen molar-refractivity contribution in [3.05, 3.63) is 51.3 Å². The number of rotatable bonds is 5.